The smallest absolute Gasteiger partial charge is 0.446 e. The maximum Gasteiger partial charge on any atom is 0.446 e. The van der Waals surface area contributed by atoms with E-state index in [0.29, 0.717) is 0 Å². The van der Waals surface area contributed by atoms with Gasteiger partial charge in [-0.3, -0.25) is 4.55 Å². The highest BCUT2D eigenvalue weighted by Gasteiger charge is 2.31. The molecule has 32 heavy (non-hydrogen) atoms. The molecule has 2 rings (SSSR count). The van der Waals surface area contributed by atoms with Crippen LogP contribution in [0.4, 0.5) is 0 Å². The van der Waals surface area contributed by atoms with E-state index in [-0.39, 0.29) is 11.4 Å². The Labute approximate surface area is 196 Å². The molecule has 0 bridgehead atoms. The molecule has 0 aliphatic carbocycles. The Hall–Kier alpha value is -1.27. The molecule has 1 aromatic carbocycles. The fourth-order valence-corrected chi connectivity index (χ4v) is 5.07. The Balaban J connectivity index is 1.69. The minimum absolute atomic E-state index is 0.113. The van der Waals surface area contributed by atoms with Gasteiger partial charge in [0.15, 0.2) is 0 Å². The number of aryl methyl sites for hydroxylation is 1. The predicted octanol–water partition coefficient (Wildman–Crippen LogP) is 7.39. The van der Waals surface area contributed by atoms with Gasteiger partial charge in [0.25, 0.3) is 0 Å². The zero-order valence-electron chi connectivity index (χ0n) is 20.7. The monoisotopic (exact) mass is 468 g/mol. The highest BCUT2D eigenvalue weighted by Crippen LogP contribution is 2.38. The van der Waals surface area contributed by atoms with E-state index in [1.807, 2.05) is 0 Å². The van der Waals surface area contributed by atoms with Gasteiger partial charge in [-0.1, -0.05) is 72.6 Å². The molecule has 1 aromatic rings. The number of hydrogen-bond acceptors (Lipinski definition) is 4. The second kappa shape index (κ2) is 12.3. The van der Waals surface area contributed by atoms with Gasteiger partial charge in [-0.15, -0.1) is 0 Å². The van der Waals surface area contributed by atoms with Gasteiger partial charge in [0.05, 0.1) is 0 Å². The normalized spacial score (nSPS) is 20.5. The highest BCUT2D eigenvalue weighted by atomic mass is 32.3. The molecular formula is C26H44O5S. The van der Waals surface area contributed by atoms with Crippen LogP contribution in [0.1, 0.15) is 104 Å². The van der Waals surface area contributed by atoms with Crippen molar-refractivity contribution < 1.29 is 21.9 Å². The van der Waals surface area contributed by atoms with Gasteiger partial charge in [0.1, 0.15) is 17.1 Å². The van der Waals surface area contributed by atoms with Gasteiger partial charge in [-0.2, -0.15) is 8.42 Å². The van der Waals surface area contributed by atoms with E-state index in [4.69, 9.17) is 9.29 Å². The largest absolute Gasteiger partial charge is 0.487 e. The van der Waals surface area contributed by atoms with E-state index in [9.17, 15) is 8.42 Å². The van der Waals surface area contributed by atoms with Crippen molar-refractivity contribution in [1.82, 2.24) is 0 Å². The molecule has 0 saturated carbocycles. The summed E-state index contributed by atoms with van der Waals surface area (Å²) in [6, 6.07) is 4.89. The maximum atomic E-state index is 10.9. The lowest BCUT2D eigenvalue weighted by atomic mass is 9.86. The first kappa shape index (κ1) is 27.0. The molecule has 1 N–H and O–H groups in total. The minimum Gasteiger partial charge on any atom is -0.487 e. The van der Waals surface area contributed by atoms with Gasteiger partial charge >= 0.3 is 10.4 Å². The van der Waals surface area contributed by atoms with Crippen LogP contribution in [-0.4, -0.2) is 18.6 Å². The molecule has 0 fully saturated rings. The standard InChI is InChI=1S/C26H44O5S/c1-20(2)9-6-10-21(3)11-7-12-22(4)13-8-17-26(5)18-16-23-19-24(31-32(27,28)29)14-15-25(23)30-26/h14-15,19-22H,6-13,16-18H2,1-5H3,(H,27,28,29). The molecular weight excluding hydrogens is 424 g/mol. The maximum absolute atomic E-state index is 10.9. The number of rotatable bonds is 14. The van der Waals surface area contributed by atoms with E-state index < -0.39 is 10.4 Å². The summed E-state index contributed by atoms with van der Waals surface area (Å²) >= 11 is 0. The second-order valence-electron chi connectivity index (χ2n) is 10.7. The Morgan fingerprint density at radius 2 is 1.59 bits per heavy atom. The van der Waals surface area contributed by atoms with Crippen molar-refractivity contribution in [3.63, 3.8) is 0 Å². The summed E-state index contributed by atoms with van der Waals surface area (Å²) in [6.07, 6.45) is 13.2. The summed E-state index contributed by atoms with van der Waals surface area (Å²) in [5.41, 5.74) is 0.725. The molecule has 0 saturated heterocycles. The topological polar surface area (TPSA) is 72.8 Å². The number of hydrogen-bond donors (Lipinski definition) is 1. The van der Waals surface area contributed by atoms with Crippen molar-refractivity contribution in [1.29, 1.82) is 0 Å². The lowest BCUT2D eigenvalue weighted by Crippen LogP contribution is -2.36. The first-order valence-corrected chi connectivity index (χ1v) is 13.8. The molecule has 1 aliphatic rings. The van der Waals surface area contributed by atoms with Crippen molar-refractivity contribution >= 4 is 10.4 Å². The molecule has 0 radical (unpaired) electrons. The van der Waals surface area contributed by atoms with Gasteiger partial charge in [-0.05, 0) is 74.1 Å². The van der Waals surface area contributed by atoms with Crippen LogP contribution in [0.2, 0.25) is 0 Å². The molecule has 5 nitrogen and oxygen atoms in total. The van der Waals surface area contributed by atoms with Crippen LogP contribution >= 0.6 is 0 Å². The SMILES string of the molecule is CC(C)CCCC(C)CCCC(C)CCCC1(C)CCc2cc(OS(=O)(=O)O)ccc2O1. The fourth-order valence-electron chi connectivity index (χ4n) is 4.72. The minimum atomic E-state index is -4.51. The third kappa shape index (κ3) is 10.1. The first-order valence-electron chi connectivity index (χ1n) is 12.4. The van der Waals surface area contributed by atoms with Crippen LogP contribution in [0.25, 0.3) is 0 Å². The first-order chi connectivity index (χ1) is 15.0. The molecule has 0 aromatic heterocycles. The lowest BCUT2D eigenvalue weighted by Gasteiger charge is -2.36. The zero-order valence-corrected chi connectivity index (χ0v) is 21.5. The molecule has 0 spiro atoms. The molecule has 184 valence electrons. The molecule has 3 atom stereocenters. The van der Waals surface area contributed by atoms with Crippen LogP contribution in [-0.2, 0) is 16.8 Å². The molecule has 3 unspecified atom stereocenters. The van der Waals surface area contributed by atoms with Crippen LogP contribution < -0.4 is 8.92 Å². The third-order valence-corrected chi connectivity index (χ3v) is 7.19. The van der Waals surface area contributed by atoms with Crippen LogP contribution in [0, 0.1) is 17.8 Å². The lowest BCUT2D eigenvalue weighted by molar-refractivity contribution is 0.0523. The summed E-state index contributed by atoms with van der Waals surface area (Å²) < 4.78 is 41.5. The van der Waals surface area contributed by atoms with E-state index in [2.05, 4.69) is 38.8 Å². The Morgan fingerprint density at radius 3 is 2.19 bits per heavy atom. The van der Waals surface area contributed by atoms with E-state index >= 15 is 0 Å². The van der Waals surface area contributed by atoms with Gasteiger partial charge < -0.3 is 8.92 Å². The second-order valence-corrected chi connectivity index (χ2v) is 11.7. The summed E-state index contributed by atoms with van der Waals surface area (Å²) in [6.45, 7) is 11.6. The number of benzene rings is 1. The van der Waals surface area contributed by atoms with Crippen molar-refractivity contribution in [2.45, 2.75) is 111 Å². The number of fused-ring (bicyclic) bond motifs is 1. The van der Waals surface area contributed by atoms with E-state index in [1.165, 1.54) is 51.0 Å². The molecule has 1 aliphatic heterocycles. The van der Waals surface area contributed by atoms with Crippen molar-refractivity contribution in [2.75, 3.05) is 0 Å². The summed E-state index contributed by atoms with van der Waals surface area (Å²) in [7, 11) is -4.51. The molecule has 1 heterocycles. The predicted molar refractivity (Wildman–Crippen MR) is 131 cm³/mol. The van der Waals surface area contributed by atoms with Crippen LogP contribution in [0.3, 0.4) is 0 Å². The third-order valence-electron chi connectivity index (χ3n) is 6.79. The van der Waals surface area contributed by atoms with Crippen molar-refractivity contribution in [3.05, 3.63) is 23.8 Å². The van der Waals surface area contributed by atoms with E-state index in [1.54, 1.807) is 12.1 Å². The summed E-state index contributed by atoms with van der Waals surface area (Å²) in [4.78, 5) is 0. The quantitative estimate of drug-likeness (QED) is 0.288. The Kier molecular flexibility index (Phi) is 10.3. The Bertz CT molecular complexity index is 804. The molecule has 0 amide bonds. The molecule has 6 heteroatoms. The Morgan fingerprint density at radius 1 is 1.00 bits per heavy atom. The van der Waals surface area contributed by atoms with Gasteiger partial charge in [0, 0.05) is 0 Å². The van der Waals surface area contributed by atoms with Gasteiger partial charge in [0.2, 0.25) is 0 Å². The van der Waals surface area contributed by atoms with Crippen LogP contribution in [0.5, 0.6) is 11.5 Å². The zero-order chi connectivity index (χ0) is 23.8. The fraction of sp³-hybridized carbons (Fsp3) is 0.769. The van der Waals surface area contributed by atoms with Crippen LogP contribution in [0.15, 0.2) is 18.2 Å². The van der Waals surface area contributed by atoms with Crippen molar-refractivity contribution in [3.8, 4) is 11.5 Å². The highest BCUT2D eigenvalue weighted by molar-refractivity contribution is 7.81. The van der Waals surface area contributed by atoms with E-state index in [0.717, 1.165) is 54.7 Å². The average Bonchev–Trinajstić information content (AvgIpc) is 2.66. The average molecular weight is 469 g/mol. The van der Waals surface area contributed by atoms with Crippen molar-refractivity contribution in [2.24, 2.45) is 17.8 Å². The number of ether oxygens (including phenoxy) is 1. The summed E-state index contributed by atoms with van der Waals surface area (Å²) in [5.74, 6) is 3.31. The summed E-state index contributed by atoms with van der Waals surface area (Å²) in [5, 5.41) is 0. The van der Waals surface area contributed by atoms with Gasteiger partial charge in [-0.25, -0.2) is 0 Å².